The molecular formula is C20H17N5O3. The van der Waals surface area contributed by atoms with Gasteiger partial charge >= 0.3 is 0 Å². The third-order valence-corrected chi connectivity index (χ3v) is 4.64. The summed E-state index contributed by atoms with van der Waals surface area (Å²) in [5, 5.41) is 16.1. The molecule has 2 aromatic heterocycles. The van der Waals surface area contributed by atoms with Crippen molar-refractivity contribution in [3.8, 4) is 17.3 Å². The molecule has 8 nitrogen and oxygen atoms in total. The van der Waals surface area contributed by atoms with Gasteiger partial charge in [0.1, 0.15) is 17.5 Å². The zero-order valence-corrected chi connectivity index (χ0v) is 15.6. The van der Waals surface area contributed by atoms with Crippen LogP contribution in [0, 0.1) is 30.9 Å². The van der Waals surface area contributed by atoms with Gasteiger partial charge in [0.15, 0.2) is 5.65 Å². The Labute approximate surface area is 160 Å². The fraction of sp³-hybridized carbons (Fsp3) is 0.150. The molecule has 0 radical (unpaired) electrons. The molecule has 2 aromatic carbocycles. The number of hydrogen-bond acceptors (Lipinski definition) is 6. The van der Waals surface area contributed by atoms with E-state index in [-0.39, 0.29) is 5.69 Å². The van der Waals surface area contributed by atoms with Crippen molar-refractivity contribution in [2.75, 3.05) is 0 Å². The Morgan fingerprint density at radius 3 is 2.54 bits per heavy atom. The van der Waals surface area contributed by atoms with Crippen LogP contribution in [0.15, 0.2) is 48.9 Å². The van der Waals surface area contributed by atoms with Gasteiger partial charge in [0.25, 0.3) is 5.69 Å². The van der Waals surface area contributed by atoms with Gasteiger partial charge in [-0.3, -0.25) is 10.1 Å². The van der Waals surface area contributed by atoms with E-state index in [1.54, 1.807) is 29.9 Å². The summed E-state index contributed by atoms with van der Waals surface area (Å²) in [6, 6.07) is 10.6. The van der Waals surface area contributed by atoms with Crippen LogP contribution < -0.4 is 4.74 Å². The van der Waals surface area contributed by atoms with Crippen LogP contribution in [0.25, 0.3) is 16.7 Å². The number of nitro groups is 1. The highest BCUT2D eigenvalue weighted by molar-refractivity contribution is 5.81. The van der Waals surface area contributed by atoms with Crippen LogP contribution >= 0.6 is 0 Å². The molecular weight excluding hydrogens is 358 g/mol. The number of nitrogens with zero attached hydrogens (tertiary/aromatic N) is 5. The largest absolute Gasteiger partial charge is 0.438 e. The van der Waals surface area contributed by atoms with E-state index in [4.69, 9.17) is 4.74 Å². The SMILES string of the molecule is Cc1ccc(-n2ncc3c(Oc4ccc([N+](=O)[O-])c(C)c4)ncnc32)cc1C. The van der Waals surface area contributed by atoms with Crippen molar-refractivity contribution in [3.05, 3.63) is 75.7 Å². The van der Waals surface area contributed by atoms with E-state index < -0.39 is 4.92 Å². The molecule has 0 saturated heterocycles. The Balaban J connectivity index is 1.73. The van der Waals surface area contributed by atoms with Crippen molar-refractivity contribution >= 4 is 16.7 Å². The monoisotopic (exact) mass is 375 g/mol. The molecule has 0 amide bonds. The Kier molecular flexibility index (Phi) is 4.23. The third-order valence-electron chi connectivity index (χ3n) is 4.64. The van der Waals surface area contributed by atoms with Crippen LogP contribution in [0.3, 0.4) is 0 Å². The first-order valence-electron chi connectivity index (χ1n) is 8.63. The molecule has 0 atom stereocenters. The van der Waals surface area contributed by atoms with Crippen molar-refractivity contribution < 1.29 is 9.66 Å². The highest BCUT2D eigenvalue weighted by Crippen LogP contribution is 2.30. The van der Waals surface area contributed by atoms with Gasteiger partial charge in [0, 0.05) is 11.6 Å². The summed E-state index contributed by atoms with van der Waals surface area (Å²) >= 11 is 0. The molecule has 0 aliphatic rings. The molecule has 0 aliphatic heterocycles. The van der Waals surface area contributed by atoms with E-state index in [1.807, 2.05) is 25.1 Å². The number of aromatic nitrogens is 4. The maximum absolute atomic E-state index is 11.0. The number of rotatable bonds is 4. The molecule has 0 aliphatic carbocycles. The lowest BCUT2D eigenvalue weighted by atomic mass is 10.1. The van der Waals surface area contributed by atoms with Crippen molar-refractivity contribution in [1.29, 1.82) is 0 Å². The number of nitro benzene ring substituents is 1. The lowest BCUT2D eigenvalue weighted by Gasteiger charge is -2.08. The van der Waals surface area contributed by atoms with Gasteiger partial charge in [-0.25, -0.2) is 14.6 Å². The number of hydrogen-bond donors (Lipinski definition) is 0. The molecule has 2 heterocycles. The topological polar surface area (TPSA) is 96.0 Å². The highest BCUT2D eigenvalue weighted by Gasteiger charge is 2.15. The zero-order chi connectivity index (χ0) is 19.8. The van der Waals surface area contributed by atoms with E-state index in [0.29, 0.717) is 28.2 Å². The Morgan fingerprint density at radius 1 is 1.00 bits per heavy atom. The standard InChI is InChI=1S/C20H17N5O3/c1-12-4-5-15(8-13(12)2)24-19-17(10-23-24)20(22-11-21-19)28-16-6-7-18(25(26)27)14(3)9-16/h4-11H,1-3H3. The van der Waals surface area contributed by atoms with E-state index >= 15 is 0 Å². The number of ether oxygens (including phenoxy) is 1. The fourth-order valence-electron chi connectivity index (χ4n) is 2.96. The first kappa shape index (κ1) is 17.6. The minimum Gasteiger partial charge on any atom is -0.438 e. The van der Waals surface area contributed by atoms with Gasteiger partial charge in [-0.05, 0) is 56.2 Å². The summed E-state index contributed by atoms with van der Waals surface area (Å²) in [6.07, 6.45) is 3.06. The molecule has 4 rings (SSSR count). The van der Waals surface area contributed by atoms with Crippen LogP contribution in [0.1, 0.15) is 16.7 Å². The van der Waals surface area contributed by atoms with Crippen LogP contribution in [0.5, 0.6) is 11.6 Å². The first-order valence-corrected chi connectivity index (χ1v) is 8.63. The van der Waals surface area contributed by atoms with Crippen LogP contribution in [0.2, 0.25) is 0 Å². The van der Waals surface area contributed by atoms with E-state index in [0.717, 1.165) is 11.3 Å². The molecule has 28 heavy (non-hydrogen) atoms. The van der Waals surface area contributed by atoms with Gasteiger partial charge in [-0.2, -0.15) is 5.10 Å². The van der Waals surface area contributed by atoms with E-state index in [1.165, 1.54) is 18.0 Å². The number of fused-ring (bicyclic) bond motifs is 1. The molecule has 8 heteroatoms. The first-order chi connectivity index (χ1) is 13.4. The minimum atomic E-state index is -0.421. The van der Waals surface area contributed by atoms with Gasteiger partial charge in [-0.15, -0.1) is 0 Å². The van der Waals surface area contributed by atoms with Crippen LogP contribution in [0.4, 0.5) is 5.69 Å². The van der Waals surface area contributed by atoms with Gasteiger partial charge in [-0.1, -0.05) is 6.07 Å². The van der Waals surface area contributed by atoms with Crippen molar-refractivity contribution in [2.45, 2.75) is 20.8 Å². The molecule has 0 unspecified atom stereocenters. The van der Waals surface area contributed by atoms with Gasteiger partial charge in [0.2, 0.25) is 5.88 Å². The molecule has 0 spiro atoms. The second-order valence-electron chi connectivity index (χ2n) is 6.55. The molecule has 0 saturated carbocycles. The molecule has 0 bridgehead atoms. The predicted octanol–water partition coefficient (Wildman–Crippen LogP) is 4.44. The maximum atomic E-state index is 11.0. The molecule has 0 N–H and O–H groups in total. The van der Waals surface area contributed by atoms with E-state index in [2.05, 4.69) is 22.0 Å². The van der Waals surface area contributed by atoms with Crippen molar-refractivity contribution in [3.63, 3.8) is 0 Å². The van der Waals surface area contributed by atoms with Crippen molar-refractivity contribution in [1.82, 2.24) is 19.7 Å². The lowest BCUT2D eigenvalue weighted by molar-refractivity contribution is -0.385. The smallest absolute Gasteiger partial charge is 0.272 e. The average molecular weight is 375 g/mol. The van der Waals surface area contributed by atoms with Crippen LogP contribution in [-0.4, -0.2) is 24.7 Å². The predicted molar refractivity (Wildman–Crippen MR) is 104 cm³/mol. The number of benzene rings is 2. The number of aryl methyl sites for hydroxylation is 3. The maximum Gasteiger partial charge on any atom is 0.272 e. The summed E-state index contributed by atoms with van der Waals surface area (Å²) in [5.41, 5.74) is 4.43. The zero-order valence-electron chi connectivity index (χ0n) is 15.6. The quantitative estimate of drug-likeness (QED) is 0.386. The minimum absolute atomic E-state index is 0.0442. The second kappa shape index (κ2) is 6.73. The Bertz CT molecular complexity index is 1220. The average Bonchev–Trinajstić information content (AvgIpc) is 3.09. The second-order valence-corrected chi connectivity index (χ2v) is 6.55. The summed E-state index contributed by atoms with van der Waals surface area (Å²) in [7, 11) is 0. The van der Waals surface area contributed by atoms with E-state index in [9.17, 15) is 10.1 Å². The normalized spacial score (nSPS) is 11.0. The molecule has 0 fully saturated rings. The van der Waals surface area contributed by atoms with Gasteiger partial charge < -0.3 is 4.74 Å². The molecule has 4 aromatic rings. The summed E-state index contributed by atoms with van der Waals surface area (Å²) < 4.78 is 7.61. The third kappa shape index (κ3) is 3.05. The summed E-state index contributed by atoms with van der Waals surface area (Å²) in [5.74, 6) is 0.801. The summed E-state index contributed by atoms with van der Waals surface area (Å²) in [6.45, 7) is 5.77. The van der Waals surface area contributed by atoms with Gasteiger partial charge in [0.05, 0.1) is 16.8 Å². The Morgan fingerprint density at radius 2 is 1.82 bits per heavy atom. The van der Waals surface area contributed by atoms with Crippen LogP contribution in [-0.2, 0) is 0 Å². The lowest BCUT2D eigenvalue weighted by Crippen LogP contribution is -1.99. The summed E-state index contributed by atoms with van der Waals surface area (Å²) in [4.78, 5) is 19.1. The molecule has 140 valence electrons. The van der Waals surface area contributed by atoms with Crippen molar-refractivity contribution in [2.24, 2.45) is 0 Å². The Hall–Kier alpha value is -3.81. The fourth-order valence-corrected chi connectivity index (χ4v) is 2.96. The highest BCUT2D eigenvalue weighted by atomic mass is 16.6.